The second-order valence-corrected chi connectivity index (χ2v) is 11.1. The lowest BCUT2D eigenvalue weighted by atomic mass is 10.00. The Labute approximate surface area is 232 Å². The fraction of sp³-hybridized carbons (Fsp3) is 0.839. The van der Waals surface area contributed by atoms with Gasteiger partial charge in [0, 0.05) is 0 Å². The molecule has 0 aliphatic heterocycles. The van der Waals surface area contributed by atoms with Crippen molar-refractivity contribution in [1.29, 1.82) is 0 Å². The highest BCUT2D eigenvalue weighted by atomic mass is 16.4. The highest BCUT2D eigenvalue weighted by Crippen LogP contribution is 2.27. The van der Waals surface area contributed by atoms with Gasteiger partial charge < -0.3 is 20.1 Å². The summed E-state index contributed by atoms with van der Waals surface area (Å²) in [6.07, 6.45) is 26.3. The molecular weight excluding hydrogens is 482 g/mol. The summed E-state index contributed by atoms with van der Waals surface area (Å²) in [5.41, 5.74) is 0. The lowest BCUT2D eigenvalue weighted by molar-refractivity contribution is -0.969. The number of rotatable bonds is 26. The van der Waals surface area contributed by atoms with Gasteiger partial charge in [-0.25, -0.2) is 9.59 Å². The Kier molecular flexibility index (Phi) is 20.9. The van der Waals surface area contributed by atoms with Gasteiger partial charge in [0.1, 0.15) is 6.04 Å². The number of quaternary nitrogens is 1. The maximum atomic E-state index is 11.8. The van der Waals surface area contributed by atoms with Gasteiger partial charge in [0.15, 0.2) is 12.1 Å². The topological polar surface area (TPSA) is 115 Å². The highest BCUT2D eigenvalue weighted by molar-refractivity contribution is 5.76. The maximum Gasteiger partial charge on any atom is 0.362 e. The van der Waals surface area contributed by atoms with Crippen LogP contribution in [0.5, 0.6) is 0 Å². The molecule has 0 aliphatic rings. The van der Waals surface area contributed by atoms with E-state index < -0.39 is 40.5 Å². The van der Waals surface area contributed by atoms with Gasteiger partial charge in [-0.05, 0) is 59.3 Å². The highest BCUT2D eigenvalue weighted by Gasteiger charge is 2.50. The van der Waals surface area contributed by atoms with Crippen molar-refractivity contribution in [3.8, 4) is 0 Å². The van der Waals surface area contributed by atoms with Crippen LogP contribution in [-0.4, -0.2) is 57.3 Å². The Morgan fingerprint density at radius 3 is 1.29 bits per heavy atom. The molecule has 2 N–H and O–H groups in total. The van der Waals surface area contributed by atoms with E-state index in [0.29, 0.717) is 6.42 Å². The molecule has 3 unspecified atom stereocenters. The Balaban J connectivity index is 4.14. The smallest absolute Gasteiger partial charge is 0.362 e. The average molecular weight is 540 g/mol. The summed E-state index contributed by atoms with van der Waals surface area (Å²) in [6.45, 7) is 6.56. The summed E-state index contributed by atoms with van der Waals surface area (Å²) in [5.74, 6) is -3.84. The first-order chi connectivity index (χ1) is 18.1. The molecule has 0 fully saturated rings. The zero-order valence-electron chi connectivity index (χ0n) is 24.8. The lowest BCUT2D eigenvalue weighted by Gasteiger charge is -2.49. The molecule has 38 heavy (non-hydrogen) atoms. The molecule has 0 spiro atoms. The largest absolute Gasteiger partial charge is 0.544 e. The molecular formula is C31H57NO6. The minimum atomic E-state index is -1.43. The van der Waals surface area contributed by atoms with E-state index in [0.717, 1.165) is 25.7 Å². The number of nitrogens with zero attached hydrogens (tertiary/aromatic N) is 1. The molecule has 3 atom stereocenters. The summed E-state index contributed by atoms with van der Waals surface area (Å²) in [4.78, 5) is 35.2. The minimum absolute atomic E-state index is 0.165. The van der Waals surface area contributed by atoms with E-state index in [-0.39, 0.29) is 6.54 Å². The Morgan fingerprint density at radius 1 is 0.605 bits per heavy atom. The zero-order valence-corrected chi connectivity index (χ0v) is 24.8. The third kappa shape index (κ3) is 14.3. The molecule has 0 aliphatic carbocycles. The van der Waals surface area contributed by atoms with Crippen LogP contribution in [0.25, 0.3) is 0 Å². The van der Waals surface area contributed by atoms with Gasteiger partial charge in [0.2, 0.25) is 0 Å². The number of aliphatic carboxylic acids is 3. The van der Waals surface area contributed by atoms with E-state index >= 15 is 0 Å². The van der Waals surface area contributed by atoms with Crippen molar-refractivity contribution in [3.05, 3.63) is 12.2 Å². The van der Waals surface area contributed by atoms with Crippen molar-refractivity contribution in [3.63, 3.8) is 0 Å². The lowest BCUT2D eigenvalue weighted by Crippen LogP contribution is -2.72. The van der Waals surface area contributed by atoms with E-state index in [4.69, 9.17) is 0 Å². The molecule has 0 heterocycles. The molecule has 7 nitrogen and oxygen atoms in total. The maximum absolute atomic E-state index is 11.8. The number of carbonyl (C=O) groups is 3. The first-order valence-corrected chi connectivity index (χ1v) is 15.3. The molecule has 0 aromatic heterocycles. The van der Waals surface area contributed by atoms with Gasteiger partial charge in [-0.3, -0.25) is 4.48 Å². The summed E-state index contributed by atoms with van der Waals surface area (Å²) in [7, 11) is 0. The van der Waals surface area contributed by atoms with Gasteiger partial charge in [0.25, 0.3) is 0 Å². The average Bonchev–Trinajstić information content (AvgIpc) is 2.88. The van der Waals surface area contributed by atoms with E-state index in [1.807, 2.05) is 0 Å². The number of allylic oxidation sites excluding steroid dienone is 2. The summed E-state index contributed by atoms with van der Waals surface area (Å²) < 4.78 is -0.554. The summed E-state index contributed by atoms with van der Waals surface area (Å²) in [6, 6.07) is -3.59. The molecule has 7 heteroatoms. The molecule has 0 saturated carbocycles. The Morgan fingerprint density at radius 2 is 0.947 bits per heavy atom. The number of hydrogen-bond donors (Lipinski definition) is 2. The van der Waals surface area contributed by atoms with E-state index in [2.05, 4.69) is 19.1 Å². The number of carboxylic acids is 3. The predicted molar refractivity (Wildman–Crippen MR) is 152 cm³/mol. The third-order valence-electron chi connectivity index (χ3n) is 8.28. The Bertz CT molecular complexity index is 627. The molecule has 0 radical (unpaired) electrons. The predicted octanol–water partition coefficient (Wildman–Crippen LogP) is 6.49. The van der Waals surface area contributed by atoms with Gasteiger partial charge in [0.05, 0.1) is 12.5 Å². The van der Waals surface area contributed by atoms with Crippen molar-refractivity contribution in [2.24, 2.45) is 0 Å². The number of carbonyl (C=O) groups excluding carboxylic acids is 1. The molecule has 0 saturated heterocycles. The summed E-state index contributed by atoms with van der Waals surface area (Å²) in [5, 5.41) is 30.9. The number of carboxylic acid groups (broad SMARTS) is 3. The quantitative estimate of drug-likeness (QED) is 0.0738. The van der Waals surface area contributed by atoms with Crippen molar-refractivity contribution in [2.75, 3.05) is 6.54 Å². The van der Waals surface area contributed by atoms with Crippen LogP contribution in [-0.2, 0) is 14.4 Å². The second-order valence-electron chi connectivity index (χ2n) is 11.1. The van der Waals surface area contributed by atoms with Crippen LogP contribution < -0.4 is 5.11 Å². The van der Waals surface area contributed by atoms with Crippen molar-refractivity contribution in [2.45, 2.75) is 161 Å². The van der Waals surface area contributed by atoms with Crippen molar-refractivity contribution >= 4 is 17.9 Å². The normalized spacial score (nSPS) is 15.7. The SMILES string of the molecule is CCCCCCCCCCCCCCC/C=C/CCCCC[N+](C(C)C(=O)[O-])(C(C)C(=O)O)C(C)C(=O)O. The molecule has 0 bridgehead atoms. The fourth-order valence-corrected chi connectivity index (χ4v) is 5.53. The van der Waals surface area contributed by atoms with Gasteiger partial charge >= 0.3 is 11.9 Å². The van der Waals surface area contributed by atoms with Crippen LogP contribution in [0.3, 0.4) is 0 Å². The van der Waals surface area contributed by atoms with E-state index in [1.54, 1.807) is 0 Å². The van der Waals surface area contributed by atoms with E-state index in [1.165, 1.54) is 104 Å². The zero-order chi connectivity index (χ0) is 28.8. The molecule has 0 aromatic rings. The van der Waals surface area contributed by atoms with Crippen LogP contribution >= 0.6 is 0 Å². The van der Waals surface area contributed by atoms with Crippen LogP contribution in [0.4, 0.5) is 0 Å². The van der Waals surface area contributed by atoms with Crippen molar-refractivity contribution in [1.82, 2.24) is 0 Å². The molecule has 0 amide bonds. The van der Waals surface area contributed by atoms with Gasteiger partial charge in [-0.1, -0.05) is 96.1 Å². The fourth-order valence-electron chi connectivity index (χ4n) is 5.53. The van der Waals surface area contributed by atoms with E-state index in [9.17, 15) is 29.7 Å². The minimum Gasteiger partial charge on any atom is -0.544 e. The Hall–Kier alpha value is -1.89. The summed E-state index contributed by atoms with van der Waals surface area (Å²) >= 11 is 0. The number of hydrogen-bond acceptors (Lipinski definition) is 4. The molecule has 0 rings (SSSR count). The van der Waals surface area contributed by atoms with Crippen LogP contribution in [0.2, 0.25) is 0 Å². The first-order valence-electron chi connectivity index (χ1n) is 15.3. The van der Waals surface area contributed by atoms with Gasteiger partial charge in [-0.15, -0.1) is 0 Å². The molecule has 222 valence electrons. The van der Waals surface area contributed by atoms with Crippen LogP contribution in [0.15, 0.2) is 12.2 Å². The van der Waals surface area contributed by atoms with Crippen LogP contribution in [0.1, 0.15) is 143 Å². The third-order valence-corrected chi connectivity index (χ3v) is 8.28. The molecule has 0 aromatic carbocycles. The number of unbranched alkanes of at least 4 members (excludes halogenated alkanes) is 16. The van der Waals surface area contributed by atoms with Crippen LogP contribution in [0, 0.1) is 0 Å². The monoisotopic (exact) mass is 539 g/mol. The first kappa shape index (κ1) is 36.1. The van der Waals surface area contributed by atoms with Crippen molar-refractivity contribution < 1.29 is 34.2 Å². The van der Waals surface area contributed by atoms with Gasteiger partial charge in [-0.2, -0.15) is 0 Å². The second kappa shape index (κ2) is 22.0. The standard InChI is InChI=1S/C31H57NO6/c1-5-6-7-8-9-10-11-12-13-14-15-16-17-18-19-20-21-22-23-24-25-32(26(2)29(33)34,27(3)30(35)36)28(4)31(37)38/h19-20,26-28H,5-18,21-25H2,1-4H3,(H2-,33,34,35,36,37,38)/b20-19+.